The molecule has 2 aromatic heterocycles. The number of rotatable bonds is 8. The minimum absolute atomic E-state index is 0.421. The van der Waals surface area contributed by atoms with Crippen LogP contribution in [0, 0.1) is 0 Å². The third-order valence-corrected chi connectivity index (χ3v) is 12.9. The van der Waals surface area contributed by atoms with Crippen molar-refractivity contribution in [3.63, 3.8) is 0 Å². The van der Waals surface area contributed by atoms with Gasteiger partial charge < -0.3 is 18.6 Å². The van der Waals surface area contributed by atoms with Crippen molar-refractivity contribution >= 4 is 110 Å². The van der Waals surface area contributed by atoms with E-state index in [1.165, 1.54) is 43.4 Å². The van der Waals surface area contributed by atoms with Crippen molar-refractivity contribution < 1.29 is 8.83 Å². The fourth-order valence-electron chi connectivity index (χ4n) is 9.84. The number of nitrogens with zero attached hydrogens (tertiary/aromatic N) is 2. The molecular weight excluding hydrogens is 757 g/mol. The number of anilines is 6. The van der Waals surface area contributed by atoms with Gasteiger partial charge in [-0.1, -0.05) is 149 Å². The molecule has 0 radical (unpaired) electrons. The number of para-hydroxylation sites is 4. The summed E-state index contributed by atoms with van der Waals surface area (Å²) in [6.45, 7) is 8.99. The first-order chi connectivity index (χ1) is 30.4. The van der Waals surface area contributed by atoms with Gasteiger partial charge in [0.25, 0.3) is 0 Å². The quantitative estimate of drug-likeness (QED) is 0.143. The van der Waals surface area contributed by atoms with Crippen LogP contribution in [0.15, 0.2) is 191 Å². The number of hydrogen-bond acceptors (Lipinski definition) is 4. The van der Waals surface area contributed by atoms with Crippen LogP contribution >= 0.6 is 0 Å². The van der Waals surface area contributed by atoms with Crippen LogP contribution < -0.4 is 9.80 Å². The van der Waals surface area contributed by atoms with E-state index in [4.69, 9.17) is 8.83 Å². The summed E-state index contributed by atoms with van der Waals surface area (Å²) in [5.74, 6) is 0.841. The molecule has 12 aromatic rings. The highest BCUT2D eigenvalue weighted by molar-refractivity contribution is 6.30. The number of furan rings is 2. The molecule has 0 fully saturated rings. The standard InChI is InChI=1S/C58H44N2O2/c1-35(2)37-25-29-41(30-26-37)59(49-21-11-17-45-43-15-5-7-23-53(43)61-57(45)49)51-33-39-13-10-20-48-52(34-40-14-9-19-47(51)55(40)56(39)48)60(42-31-27-38(28-32-42)36(3)4)50-22-12-18-46-44-16-6-8-24-54(44)62-58(46)50/h5-36H,1-4H3. The Morgan fingerprint density at radius 2 is 0.710 bits per heavy atom. The average Bonchev–Trinajstić information content (AvgIpc) is 3.89. The number of hydrogen-bond donors (Lipinski definition) is 0. The molecule has 0 aliphatic rings. The van der Waals surface area contributed by atoms with E-state index in [9.17, 15) is 0 Å². The fourth-order valence-corrected chi connectivity index (χ4v) is 9.84. The zero-order valence-electron chi connectivity index (χ0n) is 35.2. The molecule has 0 aliphatic heterocycles. The van der Waals surface area contributed by atoms with Crippen LogP contribution in [0.25, 0.3) is 76.2 Å². The Labute approximate surface area is 360 Å². The molecule has 62 heavy (non-hydrogen) atoms. The summed E-state index contributed by atoms with van der Waals surface area (Å²) < 4.78 is 13.5. The van der Waals surface area contributed by atoms with Gasteiger partial charge in [0, 0.05) is 43.7 Å². The van der Waals surface area contributed by atoms with E-state index in [0.717, 1.165) is 78.0 Å². The maximum atomic E-state index is 6.75. The molecular formula is C58H44N2O2. The lowest BCUT2D eigenvalue weighted by Gasteiger charge is -2.30. The molecule has 4 nitrogen and oxygen atoms in total. The smallest absolute Gasteiger partial charge is 0.159 e. The zero-order chi connectivity index (χ0) is 41.6. The lowest BCUT2D eigenvalue weighted by atomic mass is 9.90. The summed E-state index contributed by atoms with van der Waals surface area (Å²) in [6.07, 6.45) is 0. The van der Waals surface area contributed by atoms with Crippen LogP contribution in [0.3, 0.4) is 0 Å². The average molecular weight is 801 g/mol. The minimum Gasteiger partial charge on any atom is -0.454 e. The normalized spacial score (nSPS) is 12.2. The Hall–Kier alpha value is -7.56. The van der Waals surface area contributed by atoms with Gasteiger partial charge >= 0.3 is 0 Å². The van der Waals surface area contributed by atoms with Crippen molar-refractivity contribution in [3.8, 4) is 0 Å². The molecule has 2 heterocycles. The summed E-state index contributed by atoms with van der Waals surface area (Å²) in [5.41, 5.74) is 12.5. The molecule has 0 bridgehead atoms. The second-order valence-corrected chi connectivity index (χ2v) is 17.3. The van der Waals surface area contributed by atoms with Gasteiger partial charge in [-0.05, 0) is 105 Å². The van der Waals surface area contributed by atoms with Crippen molar-refractivity contribution in [1.82, 2.24) is 0 Å². The van der Waals surface area contributed by atoms with Crippen LogP contribution in [0.4, 0.5) is 34.1 Å². The highest BCUT2D eigenvalue weighted by Crippen LogP contribution is 2.51. The molecule has 0 N–H and O–H groups in total. The van der Waals surface area contributed by atoms with Gasteiger partial charge in [-0.3, -0.25) is 0 Å². The molecule has 4 heteroatoms. The molecule has 298 valence electrons. The summed E-state index contributed by atoms with van der Waals surface area (Å²) in [5, 5.41) is 11.6. The SMILES string of the molecule is CC(C)c1ccc(N(c2cc3cccc4c(N(c5ccc(C(C)C)cc5)c5cccc6c5oc5ccccc56)cc5cccc2c5c34)c2cccc3c2oc2ccccc23)cc1. The van der Waals surface area contributed by atoms with Crippen molar-refractivity contribution in [3.05, 3.63) is 193 Å². The second kappa shape index (κ2) is 14.0. The monoisotopic (exact) mass is 800 g/mol. The Bertz CT molecular complexity index is 3400. The Morgan fingerprint density at radius 3 is 1.13 bits per heavy atom. The van der Waals surface area contributed by atoms with E-state index in [-0.39, 0.29) is 0 Å². The van der Waals surface area contributed by atoms with Gasteiger partial charge in [0.05, 0.1) is 22.7 Å². The van der Waals surface area contributed by atoms with E-state index < -0.39 is 0 Å². The van der Waals surface area contributed by atoms with E-state index in [2.05, 4.69) is 207 Å². The van der Waals surface area contributed by atoms with E-state index in [1.54, 1.807) is 0 Å². The lowest BCUT2D eigenvalue weighted by molar-refractivity contribution is 0.669. The van der Waals surface area contributed by atoms with Gasteiger partial charge in [0.15, 0.2) is 11.2 Å². The largest absolute Gasteiger partial charge is 0.454 e. The van der Waals surface area contributed by atoms with Crippen molar-refractivity contribution in [1.29, 1.82) is 0 Å². The van der Waals surface area contributed by atoms with Gasteiger partial charge in [-0.15, -0.1) is 0 Å². The first kappa shape index (κ1) is 36.3. The minimum atomic E-state index is 0.421. The van der Waals surface area contributed by atoms with Crippen LogP contribution in [0.1, 0.15) is 50.7 Å². The summed E-state index contributed by atoms with van der Waals surface area (Å²) >= 11 is 0. The third-order valence-electron chi connectivity index (χ3n) is 12.9. The predicted molar refractivity (Wildman–Crippen MR) is 262 cm³/mol. The highest BCUT2D eigenvalue weighted by Gasteiger charge is 2.27. The lowest BCUT2D eigenvalue weighted by Crippen LogP contribution is -2.12. The van der Waals surface area contributed by atoms with Crippen LogP contribution in [-0.4, -0.2) is 0 Å². The molecule has 12 rings (SSSR count). The van der Waals surface area contributed by atoms with E-state index in [1.807, 2.05) is 12.1 Å². The Kier molecular flexibility index (Phi) is 8.20. The van der Waals surface area contributed by atoms with Crippen molar-refractivity contribution in [2.75, 3.05) is 9.80 Å². The van der Waals surface area contributed by atoms with E-state index >= 15 is 0 Å². The number of fused-ring (bicyclic) bond motifs is 6. The Morgan fingerprint density at radius 1 is 0.339 bits per heavy atom. The molecule has 0 aliphatic carbocycles. The topological polar surface area (TPSA) is 32.8 Å². The fraction of sp³-hybridized carbons (Fsp3) is 0.103. The molecule has 0 atom stereocenters. The summed E-state index contributed by atoms with van der Waals surface area (Å²) in [6, 6.07) is 66.1. The molecule has 0 saturated carbocycles. The molecule has 10 aromatic carbocycles. The second-order valence-electron chi connectivity index (χ2n) is 17.3. The van der Waals surface area contributed by atoms with E-state index in [0.29, 0.717) is 11.8 Å². The van der Waals surface area contributed by atoms with Gasteiger partial charge in [-0.25, -0.2) is 0 Å². The molecule has 0 spiro atoms. The molecule has 0 unspecified atom stereocenters. The van der Waals surface area contributed by atoms with Gasteiger partial charge in [-0.2, -0.15) is 0 Å². The van der Waals surface area contributed by atoms with Crippen molar-refractivity contribution in [2.45, 2.75) is 39.5 Å². The summed E-state index contributed by atoms with van der Waals surface area (Å²) in [7, 11) is 0. The predicted octanol–water partition coefficient (Wildman–Crippen LogP) is 17.6. The maximum absolute atomic E-state index is 6.75. The maximum Gasteiger partial charge on any atom is 0.159 e. The third kappa shape index (κ3) is 5.53. The first-order valence-corrected chi connectivity index (χ1v) is 21.7. The summed E-state index contributed by atoms with van der Waals surface area (Å²) in [4.78, 5) is 4.81. The van der Waals surface area contributed by atoms with Gasteiger partial charge in [0.1, 0.15) is 11.2 Å². The highest BCUT2D eigenvalue weighted by atomic mass is 16.3. The Balaban J connectivity index is 1.14. The molecule has 0 amide bonds. The van der Waals surface area contributed by atoms with Crippen LogP contribution in [0.2, 0.25) is 0 Å². The van der Waals surface area contributed by atoms with Gasteiger partial charge in [0.2, 0.25) is 0 Å². The molecule has 0 saturated heterocycles. The number of benzene rings is 10. The first-order valence-electron chi connectivity index (χ1n) is 21.7. The van der Waals surface area contributed by atoms with Crippen LogP contribution in [0.5, 0.6) is 0 Å². The van der Waals surface area contributed by atoms with Crippen LogP contribution in [-0.2, 0) is 0 Å². The van der Waals surface area contributed by atoms with Crippen molar-refractivity contribution in [2.24, 2.45) is 0 Å². The zero-order valence-corrected chi connectivity index (χ0v) is 35.2.